The van der Waals surface area contributed by atoms with Gasteiger partial charge in [0.05, 0.1) is 77.2 Å². The number of ether oxygens (including phenoxy) is 8. The highest BCUT2D eigenvalue weighted by Crippen LogP contribution is 2.17. The summed E-state index contributed by atoms with van der Waals surface area (Å²) >= 11 is 3.41. The van der Waals surface area contributed by atoms with Gasteiger partial charge >= 0.3 is 11.9 Å². The van der Waals surface area contributed by atoms with E-state index in [1.165, 1.54) is 6.07 Å². The summed E-state index contributed by atoms with van der Waals surface area (Å²) in [6.07, 6.45) is 0. The van der Waals surface area contributed by atoms with E-state index >= 15 is 0 Å². The number of carbonyl (C=O) groups excluding carboxylic acids is 2. The van der Waals surface area contributed by atoms with Crippen LogP contribution in [0, 0.1) is 11.8 Å². The van der Waals surface area contributed by atoms with Crippen molar-refractivity contribution in [3.05, 3.63) is 63.1 Å². The molecule has 0 unspecified atom stereocenters. The molecule has 0 heterocycles. The molecule has 0 aromatic heterocycles. The lowest BCUT2D eigenvalue weighted by Gasteiger charge is -2.08. The predicted octanol–water partition coefficient (Wildman–Crippen LogP) is 3.10. The standard InChI is InChI=1S/C30H38BrNO10/c1-35-5-7-37-9-11-39-13-15-41-29(33)25-17-23(19-27(31)21-25)3-4-24-18-26(22-28(32)20-24)30(34)42-16-14-40-12-10-38-8-6-36-2/h17-22H,5-16,32H2,1-2H3. The van der Waals surface area contributed by atoms with Crippen LogP contribution in [-0.2, 0) is 37.9 Å². The van der Waals surface area contributed by atoms with Crippen LogP contribution in [0.2, 0.25) is 0 Å². The van der Waals surface area contributed by atoms with Crippen molar-refractivity contribution in [1.29, 1.82) is 0 Å². The number of carbonyl (C=O) groups is 2. The van der Waals surface area contributed by atoms with E-state index in [2.05, 4.69) is 27.8 Å². The molecule has 42 heavy (non-hydrogen) atoms. The fraction of sp³-hybridized carbons (Fsp3) is 0.467. The van der Waals surface area contributed by atoms with E-state index in [0.717, 1.165) is 0 Å². The zero-order valence-corrected chi connectivity index (χ0v) is 25.6. The van der Waals surface area contributed by atoms with Gasteiger partial charge in [0, 0.05) is 35.5 Å². The second-order valence-corrected chi connectivity index (χ2v) is 9.44. The Labute approximate surface area is 254 Å². The van der Waals surface area contributed by atoms with Crippen LogP contribution in [0.4, 0.5) is 5.69 Å². The lowest BCUT2D eigenvalue weighted by Crippen LogP contribution is -2.14. The Balaban J connectivity index is 1.85. The molecule has 2 aromatic carbocycles. The minimum atomic E-state index is -0.541. The highest BCUT2D eigenvalue weighted by atomic mass is 79.9. The van der Waals surface area contributed by atoms with Crippen molar-refractivity contribution in [2.45, 2.75) is 0 Å². The molecule has 0 saturated carbocycles. The molecule has 0 saturated heterocycles. The van der Waals surface area contributed by atoms with Crippen molar-refractivity contribution in [3.63, 3.8) is 0 Å². The van der Waals surface area contributed by atoms with Gasteiger partial charge in [-0.25, -0.2) is 9.59 Å². The lowest BCUT2D eigenvalue weighted by molar-refractivity contribution is 0.00552. The van der Waals surface area contributed by atoms with E-state index in [0.29, 0.717) is 79.7 Å². The fourth-order valence-electron chi connectivity index (χ4n) is 3.25. The summed E-state index contributed by atoms with van der Waals surface area (Å²) in [7, 11) is 3.21. The number of methoxy groups -OCH3 is 2. The highest BCUT2D eigenvalue weighted by molar-refractivity contribution is 9.10. The molecule has 230 valence electrons. The smallest absolute Gasteiger partial charge is 0.338 e. The molecule has 0 aliphatic carbocycles. The summed E-state index contributed by atoms with van der Waals surface area (Å²) in [6, 6.07) is 9.78. The predicted molar refractivity (Wildman–Crippen MR) is 159 cm³/mol. The van der Waals surface area contributed by atoms with Crippen LogP contribution in [-0.4, -0.2) is 105 Å². The van der Waals surface area contributed by atoms with E-state index in [-0.39, 0.29) is 32.0 Å². The number of anilines is 1. The molecule has 0 amide bonds. The Bertz CT molecular complexity index is 1080. The summed E-state index contributed by atoms with van der Waals surface area (Å²) in [5.41, 5.74) is 8.03. The Morgan fingerprint density at radius 2 is 1.00 bits per heavy atom. The molecule has 0 bridgehead atoms. The lowest BCUT2D eigenvalue weighted by atomic mass is 10.1. The van der Waals surface area contributed by atoms with Gasteiger partial charge in [-0.15, -0.1) is 0 Å². The van der Waals surface area contributed by atoms with Gasteiger partial charge in [-0.05, 0) is 36.4 Å². The summed E-state index contributed by atoms with van der Waals surface area (Å²) in [4.78, 5) is 25.0. The first kappa shape index (κ1) is 35.2. The third kappa shape index (κ3) is 15.3. The molecule has 11 nitrogen and oxygen atoms in total. The zero-order valence-electron chi connectivity index (χ0n) is 24.0. The first-order valence-corrected chi connectivity index (χ1v) is 14.1. The second kappa shape index (κ2) is 21.6. The van der Waals surface area contributed by atoms with Crippen LogP contribution in [0.25, 0.3) is 0 Å². The molecule has 0 atom stereocenters. The fourth-order valence-corrected chi connectivity index (χ4v) is 3.74. The Kier molecular flexibility index (Phi) is 18.1. The van der Waals surface area contributed by atoms with Crippen LogP contribution >= 0.6 is 15.9 Å². The molecular weight excluding hydrogens is 614 g/mol. The van der Waals surface area contributed by atoms with E-state index in [1.807, 2.05) is 0 Å². The molecule has 0 radical (unpaired) electrons. The van der Waals surface area contributed by atoms with Crippen molar-refractivity contribution in [3.8, 4) is 11.8 Å². The van der Waals surface area contributed by atoms with Gasteiger partial charge in [-0.2, -0.15) is 0 Å². The number of nitrogen functional groups attached to an aromatic ring is 1. The number of nitrogens with two attached hydrogens (primary N) is 1. The van der Waals surface area contributed by atoms with Crippen LogP contribution in [0.15, 0.2) is 40.9 Å². The molecule has 0 aliphatic rings. The second-order valence-electron chi connectivity index (χ2n) is 8.53. The van der Waals surface area contributed by atoms with Crippen molar-refractivity contribution in [2.75, 3.05) is 99.2 Å². The number of rotatable bonds is 20. The van der Waals surface area contributed by atoms with Crippen LogP contribution in [0.5, 0.6) is 0 Å². The SMILES string of the molecule is COCCOCCOCCOC(=O)c1cc(N)cc(C#Cc2cc(Br)cc(C(=O)OCCOCCOCCOC)c2)c1. The summed E-state index contributed by atoms with van der Waals surface area (Å²) in [6.45, 7) is 4.34. The van der Waals surface area contributed by atoms with E-state index in [1.54, 1.807) is 44.6 Å². The third-order valence-electron chi connectivity index (χ3n) is 5.20. The number of halogens is 1. The maximum atomic E-state index is 12.5. The van der Waals surface area contributed by atoms with Crippen LogP contribution in [0.3, 0.4) is 0 Å². The quantitative estimate of drug-likeness (QED) is 0.0979. The minimum Gasteiger partial charge on any atom is -0.460 e. The Morgan fingerprint density at radius 3 is 1.48 bits per heavy atom. The van der Waals surface area contributed by atoms with E-state index in [9.17, 15) is 9.59 Å². The highest BCUT2D eigenvalue weighted by Gasteiger charge is 2.11. The third-order valence-corrected chi connectivity index (χ3v) is 5.66. The minimum absolute atomic E-state index is 0.0824. The van der Waals surface area contributed by atoms with Gasteiger partial charge in [0.2, 0.25) is 0 Å². The Hall–Kier alpha value is -3.02. The van der Waals surface area contributed by atoms with E-state index in [4.69, 9.17) is 43.6 Å². The molecule has 0 spiro atoms. The topological polar surface area (TPSA) is 134 Å². The molecular formula is C30H38BrNO10. The average molecular weight is 653 g/mol. The molecule has 0 aliphatic heterocycles. The van der Waals surface area contributed by atoms with Gasteiger partial charge in [-0.3, -0.25) is 0 Å². The Morgan fingerprint density at radius 1 is 0.595 bits per heavy atom. The van der Waals surface area contributed by atoms with Gasteiger partial charge in [0.1, 0.15) is 13.2 Å². The van der Waals surface area contributed by atoms with Crippen molar-refractivity contribution in [1.82, 2.24) is 0 Å². The number of esters is 2. The van der Waals surface area contributed by atoms with Gasteiger partial charge in [-0.1, -0.05) is 27.8 Å². The van der Waals surface area contributed by atoms with Crippen molar-refractivity contribution in [2.24, 2.45) is 0 Å². The van der Waals surface area contributed by atoms with Gasteiger partial charge in [0.15, 0.2) is 0 Å². The van der Waals surface area contributed by atoms with Crippen molar-refractivity contribution >= 4 is 33.6 Å². The first-order chi connectivity index (χ1) is 20.4. The van der Waals surface area contributed by atoms with E-state index < -0.39 is 11.9 Å². The summed E-state index contributed by atoms with van der Waals surface area (Å²) in [5.74, 6) is 4.93. The summed E-state index contributed by atoms with van der Waals surface area (Å²) in [5, 5.41) is 0. The zero-order chi connectivity index (χ0) is 30.4. The molecule has 2 aromatic rings. The summed E-state index contributed by atoms with van der Waals surface area (Å²) < 4.78 is 42.4. The van der Waals surface area contributed by atoms with Crippen molar-refractivity contribution < 1.29 is 47.5 Å². The number of hydrogen-bond acceptors (Lipinski definition) is 11. The van der Waals surface area contributed by atoms with Gasteiger partial charge in [0.25, 0.3) is 0 Å². The monoisotopic (exact) mass is 651 g/mol. The van der Waals surface area contributed by atoms with Gasteiger partial charge < -0.3 is 43.6 Å². The van der Waals surface area contributed by atoms with Crippen LogP contribution in [0.1, 0.15) is 31.8 Å². The molecule has 12 heteroatoms. The molecule has 2 N–H and O–H groups in total. The molecule has 0 fully saturated rings. The normalized spacial score (nSPS) is 10.6. The maximum absolute atomic E-state index is 12.5. The molecule has 2 rings (SSSR count). The van der Waals surface area contributed by atoms with Crippen LogP contribution < -0.4 is 5.73 Å². The maximum Gasteiger partial charge on any atom is 0.338 e. The largest absolute Gasteiger partial charge is 0.460 e. The number of benzene rings is 2. The first-order valence-electron chi connectivity index (χ1n) is 13.3. The number of hydrogen-bond donors (Lipinski definition) is 1. The average Bonchev–Trinajstić information content (AvgIpc) is 2.97.